The van der Waals surface area contributed by atoms with Gasteiger partial charge in [-0.1, -0.05) is 23.8 Å². The minimum Gasteiger partial charge on any atom is -0.463 e. The lowest BCUT2D eigenvalue weighted by Gasteiger charge is -2.06. The second-order valence-corrected chi connectivity index (χ2v) is 5.15. The molecule has 0 aliphatic carbocycles. The highest BCUT2D eigenvalue weighted by Crippen LogP contribution is 2.16. The van der Waals surface area contributed by atoms with Crippen LogP contribution in [0.1, 0.15) is 51.0 Å². The van der Waals surface area contributed by atoms with E-state index in [1.807, 2.05) is 24.4 Å². The molecule has 4 nitrogen and oxygen atoms in total. The predicted octanol–water partition coefficient (Wildman–Crippen LogP) is 4.45. The molecule has 0 fully saturated rings. The van der Waals surface area contributed by atoms with Crippen molar-refractivity contribution in [1.29, 1.82) is 5.26 Å². The van der Waals surface area contributed by atoms with E-state index >= 15 is 0 Å². The fourth-order valence-corrected chi connectivity index (χ4v) is 2.14. The maximum atomic E-state index is 11.6. The van der Waals surface area contributed by atoms with Crippen LogP contribution in [0.5, 0.6) is 0 Å². The van der Waals surface area contributed by atoms with Crippen molar-refractivity contribution in [2.75, 3.05) is 6.61 Å². The molecular formula is C19H24N2O2. The summed E-state index contributed by atoms with van der Waals surface area (Å²) in [5, 5.41) is 8.58. The van der Waals surface area contributed by atoms with Gasteiger partial charge in [-0.3, -0.25) is 4.98 Å². The number of ether oxygens (including phenoxy) is 1. The summed E-state index contributed by atoms with van der Waals surface area (Å²) in [5.74, 6) is -0.279. The highest BCUT2D eigenvalue weighted by molar-refractivity contribution is 5.82. The molecule has 0 aliphatic rings. The summed E-state index contributed by atoms with van der Waals surface area (Å²) in [4.78, 5) is 15.7. The molecule has 0 radical (unpaired) electrons. The lowest BCUT2D eigenvalue weighted by Crippen LogP contribution is -2.01. The normalized spacial score (nSPS) is 11.4. The topological polar surface area (TPSA) is 63.0 Å². The third-order valence-electron chi connectivity index (χ3n) is 3.27. The molecule has 0 atom stereocenters. The second-order valence-electron chi connectivity index (χ2n) is 5.15. The van der Waals surface area contributed by atoms with Crippen LogP contribution < -0.4 is 0 Å². The molecule has 1 aromatic heterocycles. The molecule has 1 aromatic rings. The van der Waals surface area contributed by atoms with E-state index in [-0.39, 0.29) is 5.97 Å². The van der Waals surface area contributed by atoms with Gasteiger partial charge in [-0.15, -0.1) is 0 Å². The molecule has 4 heteroatoms. The van der Waals surface area contributed by atoms with Crippen molar-refractivity contribution in [3.63, 3.8) is 0 Å². The van der Waals surface area contributed by atoms with E-state index in [0.29, 0.717) is 13.0 Å². The summed E-state index contributed by atoms with van der Waals surface area (Å²) in [6.45, 7) is 2.19. The van der Waals surface area contributed by atoms with Crippen LogP contribution in [0.25, 0.3) is 6.08 Å². The quantitative estimate of drug-likeness (QED) is 0.364. The zero-order valence-corrected chi connectivity index (χ0v) is 13.7. The summed E-state index contributed by atoms with van der Waals surface area (Å²) in [5.41, 5.74) is 2.15. The van der Waals surface area contributed by atoms with Gasteiger partial charge in [0.2, 0.25) is 0 Å². The van der Waals surface area contributed by atoms with Crippen molar-refractivity contribution in [1.82, 2.24) is 4.98 Å². The van der Waals surface area contributed by atoms with Gasteiger partial charge in [0.05, 0.1) is 12.7 Å². The zero-order chi connectivity index (χ0) is 16.8. The van der Waals surface area contributed by atoms with Gasteiger partial charge in [-0.2, -0.15) is 5.26 Å². The highest BCUT2D eigenvalue weighted by atomic mass is 16.5. The Morgan fingerprint density at radius 1 is 1.39 bits per heavy atom. The van der Waals surface area contributed by atoms with Crippen molar-refractivity contribution in [2.24, 2.45) is 0 Å². The Balaban J connectivity index is 2.49. The van der Waals surface area contributed by atoms with Crippen molar-refractivity contribution >= 4 is 12.0 Å². The molecular weight excluding hydrogens is 288 g/mol. The van der Waals surface area contributed by atoms with Gasteiger partial charge in [0.1, 0.15) is 0 Å². The Morgan fingerprint density at radius 3 is 2.96 bits per heavy atom. The Bertz CT molecular complexity index is 556. The van der Waals surface area contributed by atoms with Crippen molar-refractivity contribution in [3.8, 4) is 6.07 Å². The lowest BCUT2D eigenvalue weighted by molar-refractivity contribution is -0.137. The molecule has 0 N–H and O–H groups in total. The summed E-state index contributed by atoms with van der Waals surface area (Å²) >= 11 is 0. The molecule has 0 saturated heterocycles. The van der Waals surface area contributed by atoms with Crippen LogP contribution in [0.15, 0.2) is 42.3 Å². The van der Waals surface area contributed by atoms with Crippen LogP contribution in [-0.2, 0) is 9.53 Å². The molecule has 0 bridgehead atoms. The Hall–Kier alpha value is -2.41. The molecule has 0 saturated carbocycles. The van der Waals surface area contributed by atoms with E-state index in [9.17, 15) is 4.79 Å². The number of rotatable bonds is 10. The van der Waals surface area contributed by atoms with Crippen LogP contribution in [0, 0.1) is 11.3 Å². The SMILES string of the molecule is CCOC(=O)C=C(CCC=Cc1cccnc1)CCCCC#N. The van der Waals surface area contributed by atoms with Gasteiger partial charge in [-0.25, -0.2) is 4.79 Å². The van der Waals surface area contributed by atoms with E-state index in [1.54, 1.807) is 19.2 Å². The van der Waals surface area contributed by atoms with Crippen LogP contribution >= 0.6 is 0 Å². The molecule has 122 valence electrons. The smallest absolute Gasteiger partial charge is 0.330 e. The summed E-state index contributed by atoms with van der Waals surface area (Å²) in [7, 11) is 0. The van der Waals surface area contributed by atoms with Gasteiger partial charge in [0.25, 0.3) is 0 Å². The predicted molar refractivity (Wildman–Crippen MR) is 91.3 cm³/mol. The number of allylic oxidation sites excluding steroid dienone is 2. The van der Waals surface area contributed by atoms with Crippen LogP contribution in [0.4, 0.5) is 0 Å². The van der Waals surface area contributed by atoms with Gasteiger partial charge in [0.15, 0.2) is 0 Å². The number of carbonyl (C=O) groups is 1. The van der Waals surface area contributed by atoms with Crippen molar-refractivity contribution in [2.45, 2.75) is 45.4 Å². The Labute approximate surface area is 138 Å². The third kappa shape index (κ3) is 9.26. The van der Waals surface area contributed by atoms with Gasteiger partial charge >= 0.3 is 5.97 Å². The lowest BCUT2D eigenvalue weighted by atomic mass is 10.0. The fourth-order valence-electron chi connectivity index (χ4n) is 2.14. The second kappa shape index (κ2) is 12.2. The van der Waals surface area contributed by atoms with Crippen molar-refractivity contribution in [3.05, 3.63) is 47.8 Å². The van der Waals surface area contributed by atoms with Gasteiger partial charge < -0.3 is 4.74 Å². The van der Waals surface area contributed by atoms with E-state index in [1.165, 1.54) is 0 Å². The van der Waals surface area contributed by atoms with E-state index < -0.39 is 0 Å². The Kier molecular flexibility index (Phi) is 9.86. The monoisotopic (exact) mass is 312 g/mol. The first-order chi connectivity index (χ1) is 11.3. The molecule has 0 amide bonds. The van der Waals surface area contributed by atoms with E-state index in [0.717, 1.165) is 43.2 Å². The van der Waals surface area contributed by atoms with Crippen LogP contribution in [-0.4, -0.2) is 17.6 Å². The molecule has 0 aliphatic heterocycles. The minimum absolute atomic E-state index is 0.279. The number of hydrogen-bond acceptors (Lipinski definition) is 4. The minimum atomic E-state index is -0.279. The number of aromatic nitrogens is 1. The number of unbranched alkanes of at least 4 members (excludes halogenated alkanes) is 2. The maximum Gasteiger partial charge on any atom is 0.330 e. The van der Waals surface area contributed by atoms with Crippen LogP contribution in [0.2, 0.25) is 0 Å². The van der Waals surface area contributed by atoms with Gasteiger partial charge in [0, 0.05) is 24.9 Å². The number of nitriles is 1. The zero-order valence-electron chi connectivity index (χ0n) is 13.7. The van der Waals surface area contributed by atoms with E-state index in [2.05, 4.69) is 17.1 Å². The average molecular weight is 312 g/mol. The van der Waals surface area contributed by atoms with Crippen LogP contribution in [0.3, 0.4) is 0 Å². The average Bonchev–Trinajstić information content (AvgIpc) is 2.56. The van der Waals surface area contributed by atoms with Gasteiger partial charge in [-0.05, 0) is 50.7 Å². The number of carbonyl (C=O) groups excluding carboxylic acids is 1. The number of pyridine rings is 1. The first-order valence-electron chi connectivity index (χ1n) is 8.06. The molecule has 0 aromatic carbocycles. The van der Waals surface area contributed by atoms with Crippen molar-refractivity contribution < 1.29 is 9.53 Å². The molecule has 1 rings (SSSR count). The summed E-state index contributed by atoms with van der Waals surface area (Å²) in [6.07, 6.45) is 14.2. The third-order valence-corrected chi connectivity index (χ3v) is 3.27. The fraction of sp³-hybridized carbons (Fsp3) is 0.421. The highest BCUT2D eigenvalue weighted by Gasteiger charge is 2.03. The molecule has 1 heterocycles. The first kappa shape index (κ1) is 18.6. The summed E-state index contributed by atoms with van der Waals surface area (Å²) in [6, 6.07) is 6.05. The Morgan fingerprint density at radius 2 is 2.26 bits per heavy atom. The molecule has 0 spiro atoms. The number of esters is 1. The maximum absolute atomic E-state index is 11.6. The molecule has 23 heavy (non-hydrogen) atoms. The first-order valence-corrected chi connectivity index (χ1v) is 8.06. The standard InChI is InChI=1S/C19H24N2O2/c1-2-23-19(22)15-17(9-4-3-7-13-20)10-5-6-11-18-12-8-14-21-16-18/h6,8,11-12,14-16H,2-5,7,9-10H2,1H3. The summed E-state index contributed by atoms with van der Waals surface area (Å²) < 4.78 is 4.98. The number of nitrogens with zero attached hydrogens (tertiary/aromatic N) is 2. The molecule has 0 unspecified atom stereocenters. The largest absolute Gasteiger partial charge is 0.463 e. The number of hydrogen-bond donors (Lipinski definition) is 0. The van der Waals surface area contributed by atoms with E-state index in [4.69, 9.17) is 10.00 Å².